The van der Waals surface area contributed by atoms with E-state index in [1.165, 1.54) is 0 Å². The summed E-state index contributed by atoms with van der Waals surface area (Å²) >= 11 is 0. The highest BCUT2D eigenvalue weighted by atomic mass is 16.3. The molecule has 1 aromatic heterocycles. The van der Waals surface area contributed by atoms with E-state index in [-0.39, 0.29) is 18.7 Å². The summed E-state index contributed by atoms with van der Waals surface area (Å²) in [6.07, 6.45) is 2.14. The van der Waals surface area contributed by atoms with Crippen LogP contribution in [0.1, 0.15) is 13.3 Å². The second-order valence-electron chi connectivity index (χ2n) is 3.23. The molecule has 0 aliphatic rings. The Bertz CT molecular complexity index is 303. The molecule has 3 N–H and O–H groups in total. The van der Waals surface area contributed by atoms with E-state index in [1.54, 1.807) is 24.4 Å². The molecule has 0 fully saturated rings. The number of anilines is 1. The number of rotatable bonds is 4. The molecule has 0 aliphatic heterocycles. The maximum absolute atomic E-state index is 11.4. The first kappa shape index (κ1) is 11.5. The fourth-order valence-electron chi connectivity index (χ4n) is 1.08. The zero-order chi connectivity index (χ0) is 11.1. The van der Waals surface area contributed by atoms with Crippen LogP contribution < -0.4 is 10.6 Å². The normalized spacial score (nSPS) is 11.9. The van der Waals surface area contributed by atoms with E-state index in [1.807, 2.05) is 6.92 Å². The van der Waals surface area contributed by atoms with Crippen LogP contribution in [0.15, 0.2) is 24.4 Å². The van der Waals surface area contributed by atoms with Crippen molar-refractivity contribution in [3.8, 4) is 0 Å². The summed E-state index contributed by atoms with van der Waals surface area (Å²) in [6.45, 7) is 1.89. The number of hydrogen-bond donors (Lipinski definition) is 3. The number of amides is 2. The lowest BCUT2D eigenvalue weighted by Crippen LogP contribution is -2.36. The van der Waals surface area contributed by atoms with Gasteiger partial charge in [0.2, 0.25) is 0 Å². The molecular formula is C10H15N3O2. The maximum Gasteiger partial charge on any atom is 0.320 e. The van der Waals surface area contributed by atoms with Gasteiger partial charge in [0.1, 0.15) is 5.82 Å². The molecule has 0 spiro atoms. The molecule has 5 heteroatoms. The molecule has 2 amide bonds. The smallest absolute Gasteiger partial charge is 0.320 e. The van der Waals surface area contributed by atoms with Crippen LogP contribution in [-0.2, 0) is 0 Å². The largest absolute Gasteiger partial charge is 0.396 e. The Balaban J connectivity index is 2.36. The Morgan fingerprint density at radius 2 is 2.40 bits per heavy atom. The topological polar surface area (TPSA) is 74.2 Å². The summed E-state index contributed by atoms with van der Waals surface area (Å²) in [5, 5.41) is 13.9. The van der Waals surface area contributed by atoms with Crippen LogP contribution in [0.25, 0.3) is 0 Å². The van der Waals surface area contributed by atoms with Gasteiger partial charge >= 0.3 is 6.03 Å². The van der Waals surface area contributed by atoms with Crippen molar-refractivity contribution < 1.29 is 9.90 Å². The Labute approximate surface area is 88.5 Å². The standard InChI is InChI=1S/C10H15N3O2/c1-8(5-7-14)12-10(15)13-9-4-2-3-6-11-9/h2-4,6,8,14H,5,7H2,1H3,(H2,11,12,13,15)/t8-/m1/s1. The fraction of sp³-hybridized carbons (Fsp3) is 0.400. The molecule has 1 atom stereocenters. The quantitative estimate of drug-likeness (QED) is 0.691. The van der Waals surface area contributed by atoms with Crippen LogP contribution in [0, 0.1) is 0 Å². The lowest BCUT2D eigenvalue weighted by Gasteiger charge is -2.12. The molecule has 0 aliphatic carbocycles. The summed E-state index contributed by atoms with van der Waals surface area (Å²) in [5.74, 6) is 0.506. The minimum absolute atomic E-state index is 0.0567. The van der Waals surface area contributed by atoms with E-state index in [0.29, 0.717) is 12.2 Å². The number of nitrogens with one attached hydrogen (secondary N) is 2. The SMILES string of the molecule is C[C@H](CCO)NC(=O)Nc1ccccn1. The van der Waals surface area contributed by atoms with Crippen molar-refractivity contribution in [3.05, 3.63) is 24.4 Å². The van der Waals surface area contributed by atoms with Gasteiger partial charge in [-0.05, 0) is 25.5 Å². The van der Waals surface area contributed by atoms with Gasteiger partial charge in [0.25, 0.3) is 0 Å². The number of pyridine rings is 1. The number of aliphatic hydroxyl groups is 1. The van der Waals surface area contributed by atoms with Crippen LogP contribution in [0.4, 0.5) is 10.6 Å². The lowest BCUT2D eigenvalue weighted by atomic mass is 10.2. The second kappa shape index (κ2) is 5.98. The van der Waals surface area contributed by atoms with Crippen molar-refractivity contribution in [3.63, 3.8) is 0 Å². The van der Waals surface area contributed by atoms with Gasteiger partial charge in [-0.3, -0.25) is 5.32 Å². The highest BCUT2D eigenvalue weighted by Gasteiger charge is 2.06. The molecule has 0 aromatic carbocycles. The van der Waals surface area contributed by atoms with Crippen LogP contribution in [0.2, 0.25) is 0 Å². The Hall–Kier alpha value is -1.62. The van der Waals surface area contributed by atoms with Gasteiger partial charge in [-0.15, -0.1) is 0 Å². The molecule has 1 heterocycles. The van der Waals surface area contributed by atoms with E-state index < -0.39 is 0 Å². The van der Waals surface area contributed by atoms with E-state index >= 15 is 0 Å². The number of aromatic nitrogens is 1. The molecular weight excluding hydrogens is 194 g/mol. The first-order chi connectivity index (χ1) is 7.22. The van der Waals surface area contributed by atoms with E-state index in [9.17, 15) is 4.79 Å². The van der Waals surface area contributed by atoms with Gasteiger partial charge in [-0.2, -0.15) is 0 Å². The maximum atomic E-state index is 11.4. The second-order valence-corrected chi connectivity index (χ2v) is 3.23. The average molecular weight is 209 g/mol. The minimum atomic E-state index is -0.311. The number of hydrogen-bond acceptors (Lipinski definition) is 3. The van der Waals surface area contributed by atoms with Gasteiger partial charge in [0.05, 0.1) is 0 Å². The number of carbonyl (C=O) groups excluding carboxylic acids is 1. The molecule has 15 heavy (non-hydrogen) atoms. The Morgan fingerprint density at radius 3 is 3.00 bits per heavy atom. The molecule has 1 rings (SSSR count). The molecule has 0 bridgehead atoms. The number of nitrogens with zero attached hydrogens (tertiary/aromatic N) is 1. The van der Waals surface area contributed by atoms with Gasteiger partial charge in [-0.25, -0.2) is 9.78 Å². The summed E-state index contributed by atoms with van der Waals surface area (Å²) in [5.41, 5.74) is 0. The zero-order valence-electron chi connectivity index (χ0n) is 8.60. The summed E-state index contributed by atoms with van der Waals surface area (Å²) in [4.78, 5) is 15.3. The van der Waals surface area contributed by atoms with Crippen LogP contribution >= 0.6 is 0 Å². The monoisotopic (exact) mass is 209 g/mol. The highest BCUT2D eigenvalue weighted by molar-refractivity contribution is 5.88. The first-order valence-electron chi connectivity index (χ1n) is 4.82. The molecule has 0 saturated carbocycles. The van der Waals surface area contributed by atoms with Gasteiger partial charge in [0, 0.05) is 18.8 Å². The summed E-state index contributed by atoms with van der Waals surface area (Å²) in [7, 11) is 0. The van der Waals surface area contributed by atoms with E-state index in [4.69, 9.17) is 5.11 Å². The van der Waals surface area contributed by atoms with Crippen LogP contribution in [-0.4, -0.2) is 28.8 Å². The first-order valence-corrected chi connectivity index (χ1v) is 4.82. The third kappa shape index (κ3) is 4.42. The number of aliphatic hydroxyl groups excluding tert-OH is 1. The van der Waals surface area contributed by atoms with Crippen LogP contribution in [0.3, 0.4) is 0 Å². The fourth-order valence-corrected chi connectivity index (χ4v) is 1.08. The Kier molecular flexibility index (Phi) is 4.56. The molecule has 0 saturated heterocycles. The molecule has 82 valence electrons. The van der Waals surface area contributed by atoms with E-state index in [0.717, 1.165) is 0 Å². The van der Waals surface area contributed by atoms with Gasteiger partial charge < -0.3 is 10.4 Å². The highest BCUT2D eigenvalue weighted by Crippen LogP contribution is 1.99. The molecule has 0 unspecified atom stereocenters. The van der Waals surface area contributed by atoms with Crippen molar-refractivity contribution in [2.24, 2.45) is 0 Å². The van der Waals surface area contributed by atoms with Gasteiger partial charge in [0.15, 0.2) is 0 Å². The predicted molar refractivity (Wildman–Crippen MR) is 57.6 cm³/mol. The number of carbonyl (C=O) groups is 1. The summed E-state index contributed by atoms with van der Waals surface area (Å²) < 4.78 is 0. The third-order valence-corrected chi connectivity index (χ3v) is 1.85. The number of urea groups is 1. The van der Waals surface area contributed by atoms with Crippen LogP contribution in [0.5, 0.6) is 0 Å². The lowest BCUT2D eigenvalue weighted by molar-refractivity contribution is 0.241. The summed E-state index contributed by atoms with van der Waals surface area (Å²) in [6, 6.07) is 4.90. The molecule has 5 nitrogen and oxygen atoms in total. The van der Waals surface area contributed by atoms with E-state index in [2.05, 4.69) is 15.6 Å². The molecule has 1 aromatic rings. The third-order valence-electron chi connectivity index (χ3n) is 1.85. The predicted octanol–water partition coefficient (Wildman–Crippen LogP) is 0.974. The Morgan fingerprint density at radius 1 is 1.60 bits per heavy atom. The zero-order valence-corrected chi connectivity index (χ0v) is 8.60. The average Bonchev–Trinajstić information content (AvgIpc) is 2.19. The van der Waals surface area contributed by atoms with Crippen molar-refractivity contribution in [1.29, 1.82) is 0 Å². The van der Waals surface area contributed by atoms with Crippen molar-refractivity contribution in [2.45, 2.75) is 19.4 Å². The molecule has 0 radical (unpaired) electrons. The van der Waals surface area contributed by atoms with Crippen molar-refractivity contribution >= 4 is 11.8 Å². The van der Waals surface area contributed by atoms with Crippen molar-refractivity contribution in [2.75, 3.05) is 11.9 Å². The van der Waals surface area contributed by atoms with Gasteiger partial charge in [-0.1, -0.05) is 6.07 Å². The minimum Gasteiger partial charge on any atom is -0.396 e. The van der Waals surface area contributed by atoms with Crippen molar-refractivity contribution in [1.82, 2.24) is 10.3 Å².